The van der Waals surface area contributed by atoms with Gasteiger partial charge in [-0.1, -0.05) is 0 Å². The maximum Gasteiger partial charge on any atom is 0.193 e. The molecule has 0 aromatic rings. The first-order valence-electron chi connectivity index (χ1n) is 6.28. The van der Waals surface area contributed by atoms with Crippen molar-refractivity contribution in [2.24, 2.45) is 0 Å². The molecule has 1 saturated carbocycles. The summed E-state index contributed by atoms with van der Waals surface area (Å²) in [5.74, 6) is 0.173. The van der Waals surface area contributed by atoms with Crippen molar-refractivity contribution in [1.82, 2.24) is 0 Å². The lowest BCUT2D eigenvalue weighted by molar-refractivity contribution is -0.139. The van der Waals surface area contributed by atoms with Crippen LogP contribution in [0.4, 0.5) is 0 Å². The quantitative estimate of drug-likeness (QED) is 0.736. The van der Waals surface area contributed by atoms with Gasteiger partial charge in [0.2, 0.25) is 0 Å². The number of carbonyl (C=O) groups excluding carboxylic acids is 1. The van der Waals surface area contributed by atoms with Crippen LogP contribution < -0.4 is 0 Å². The van der Waals surface area contributed by atoms with Crippen LogP contribution in [0.25, 0.3) is 0 Å². The molecule has 0 bridgehead atoms. The third-order valence-corrected chi connectivity index (χ3v) is 3.47. The zero-order valence-electron chi connectivity index (χ0n) is 9.96. The maximum atomic E-state index is 12.4. The molecule has 1 fully saturated rings. The van der Waals surface area contributed by atoms with E-state index in [1.165, 1.54) is 0 Å². The molecular weight excluding hydrogens is 204 g/mol. The molecule has 3 heteroatoms. The first-order valence-corrected chi connectivity index (χ1v) is 6.28. The Kier molecular flexibility index (Phi) is 3.64. The van der Waals surface area contributed by atoms with E-state index in [-0.39, 0.29) is 5.78 Å². The Hall–Kier alpha value is -0.830. The minimum Gasteiger partial charge on any atom is -0.501 e. The number of hydrogen-bond donors (Lipinski definition) is 0. The van der Waals surface area contributed by atoms with Crippen LogP contribution in [0.2, 0.25) is 0 Å². The Morgan fingerprint density at radius 2 is 2.19 bits per heavy atom. The molecule has 0 amide bonds. The lowest BCUT2D eigenvalue weighted by atomic mass is 9.89. The Labute approximate surface area is 96.8 Å². The van der Waals surface area contributed by atoms with E-state index in [9.17, 15) is 4.79 Å². The molecule has 90 valence electrons. The third kappa shape index (κ3) is 2.14. The van der Waals surface area contributed by atoms with Gasteiger partial charge in [-0.15, -0.1) is 0 Å². The maximum absolute atomic E-state index is 12.4. The molecule has 1 aliphatic carbocycles. The second-order valence-electron chi connectivity index (χ2n) is 4.58. The lowest BCUT2D eigenvalue weighted by Gasteiger charge is -2.29. The zero-order chi connectivity index (χ0) is 11.4. The summed E-state index contributed by atoms with van der Waals surface area (Å²) < 4.78 is 11.0. The molecule has 1 heterocycles. The van der Waals surface area contributed by atoms with E-state index in [0.717, 1.165) is 50.7 Å². The van der Waals surface area contributed by atoms with Crippen molar-refractivity contribution in [2.45, 2.75) is 51.0 Å². The van der Waals surface area contributed by atoms with E-state index in [2.05, 4.69) is 0 Å². The van der Waals surface area contributed by atoms with Crippen LogP contribution in [-0.4, -0.2) is 24.6 Å². The predicted molar refractivity (Wildman–Crippen MR) is 61.1 cm³/mol. The van der Waals surface area contributed by atoms with Crippen molar-refractivity contribution in [2.75, 3.05) is 13.2 Å². The van der Waals surface area contributed by atoms with Crippen molar-refractivity contribution in [1.29, 1.82) is 0 Å². The molecule has 0 aromatic carbocycles. The van der Waals surface area contributed by atoms with Crippen molar-refractivity contribution < 1.29 is 14.3 Å². The smallest absolute Gasteiger partial charge is 0.193 e. The summed E-state index contributed by atoms with van der Waals surface area (Å²) in [6, 6.07) is 0. The van der Waals surface area contributed by atoms with E-state index in [4.69, 9.17) is 9.47 Å². The van der Waals surface area contributed by atoms with Crippen LogP contribution in [-0.2, 0) is 14.3 Å². The minimum atomic E-state index is -0.527. The highest BCUT2D eigenvalue weighted by molar-refractivity contribution is 6.02. The van der Waals surface area contributed by atoms with Crippen LogP contribution in [0.1, 0.15) is 45.4 Å². The molecule has 2 aliphatic rings. The highest BCUT2D eigenvalue weighted by Gasteiger charge is 2.43. The van der Waals surface area contributed by atoms with Gasteiger partial charge >= 0.3 is 0 Å². The lowest BCUT2D eigenvalue weighted by Crippen LogP contribution is -2.40. The van der Waals surface area contributed by atoms with E-state index in [1.54, 1.807) is 6.26 Å². The van der Waals surface area contributed by atoms with Gasteiger partial charge in [0.25, 0.3) is 0 Å². The minimum absolute atomic E-state index is 0.173. The third-order valence-electron chi connectivity index (χ3n) is 3.47. The molecule has 0 unspecified atom stereocenters. The van der Waals surface area contributed by atoms with Crippen LogP contribution in [0, 0.1) is 0 Å². The fourth-order valence-electron chi connectivity index (χ4n) is 2.68. The average Bonchev–Trinajstić information content (AvgIpc) is 2.80. The van der Waals surface area contributed by atoms with E-state index < -0.39 is 5.60 Å². The highest BCUT2D eigenvalue weighted by atomic mass is 16.5. The predicted octanol–water partition coefficient (Wildman–Crippen LogP) is 2.60. The van der Waals surface area contributed by atoms with Crippen LogP contribution in [0.5, 0.6) is 0 Å². The average molecular weight is 224 g/mol. The van der Waals surface area contributed by atoms with E-state index >= 15 is 0 Å². The van der Waals surface area contributed by atoms with Gasteiger partial charge in [0, 0.05) is 12.2 Å². The number of ketones is 1. The molecule has 0 N–H and O–H groups in total. The molecule has 0 atom stereocenters. The first-order chi connectivity index (χ1) is 7.78. The van der Waals surface area contributed by atoms with Gasteiger partial charge in [-0.25, -0.2) is 0 Å². The number of ether oxygens (including phenoxy) is 2. The van der Waals surface area contributed by atoms with Crippen LogP contribution >= 0.6 is 0 Å². The Morgan fingerprint density at radius 3 is 2.75 bits per heavy atom. The number of carbonyl (C=O) groups is 1. The molecule has 16 heavy (non-hydrogen) atoms. The Balaban J connectivity index is 2.13. The topological polar surface area (TPSA) is 35.5 Å². The molecule has 0 aromatic heterocycles. The summed E-state index contributed by atoms with van der Waals surface area (Å²) in [4.78, 5) is 12.4. The summed E-state index contributed by atoms with van der Waals surface area (Å²) in [5.41, 5.74) is 0.294. The molecule has 0 radical (unpaired) electrons. The number of rotatable bonds is 4. The van der Waals surface area contributed by atoms with Gasteiger partial charge in [0.05, 0.1) is 12.9 Å². The zero-order valence-corrected chi connectivity index (χ0v) is 9.96. The second-order valence-corrected chi connectivity index (χ2v) is 4.58. The molecule has 2 rings (SSSR count). The normalized spacial score (nSPS) is 23.7. The molecular formula is C13H20O3. The van der Waals surface area contributed by atoms with Gasteiger partial charge in [-0.3, -0.25) is 4.79 Å². The van der Waals surface area contributed by atoms with Crippen LogP contribution in [0.15, 0.2) is 11.8 Å². The Morgan fingerprint density at radius 1 is 1.44 bits per heavy atom. The fourth-order valence-corrected chi connectivity index (χ4v) is 2.68. The van der Waals surface area contributed by atoms with Gasteiger partial charge < -0.3 is 9.47 Å². The van der Waals surface area contributed by atoms with Crippen molar-refractivity contribution >= 4 is 5.78 Å². The van der Waals surface area contributed by atoms with Gasteiger partial charge in [0.15, 0.2) is 5.78 Å². The number of hydrogen-bond acceptors (Lipinski definition) is 3. The molecule has 3 nitrogen and oxygen atoms in total. The SMILES string of the molecule is CCOC1(C(=O)C2=COCCC2)CCCC1. The second kappa shape index (κ2) is 5.00. The van der Waals surface area contributed by atoms with Gasteiger partial charge in [-0.2, -0.15) is 0 Å². The van der Waals surface area contributed by atoms with Crippen molar-refractivity contribution in [3.8, 4) is 0 Å². The summed E-state index contributed by atoms with van der Waals surface area (Å²) >= 11 is 0. The summed E-state index contributed by atoms with van der Waals surface area (Å²) in [6.07, 6.45) is 7.37. The summed E-state index contributed by atoms with van der Waals surface area (Å²) in [7, 11) is 0. The summed E-state index contributed by atoms with van der Waals surface area (Å²) in [5, 5.41) is 0. The fraction of sp³-hybridized carbons (Fsp3) is 0.769. The van der Waals surface area contributed by atoms with Gasteiger partial charge in [-0.05, 0) is 45.4 Å². The molecule has 0 saturated heterocycles. The van der Waals surface area contributed by atoms with Gasteiger partial charge in [0.1, 0.15) is 5.60 Å². The molecule has 0 spiro atoms. The molecule has 1 aliphatic heterocycles. The standard InChI is InChI=1S/C13H20O3/c1-2-16-13(7-3-4-8-13)12(14)11-6-5-9-15-10-11/h10H,2-9H2,1H3. The van der Waals surface area contributed by atoms with E-state index in [0.29, 0.717) is 6.61 Å². The first kappa shape index (κ1) is 11.6. The van der Waals surface area contributed by atoms with Crippen LogP contribution in [0.3, 0.4) is 0 Å². The van der Waals surface area contributed by atoms with Crippen molar-refractivity contribution in [3.63, 3.8) is 0 Å². The Bertz CT molecular complexity index is 288. The van der Waals surface area contributed by atoms with E-state index in [1.807, 2.05) is 6.92 Å². The highest BCUT2D eigenvalue weighted by Crippen LogP contribution is 2.37. The summed E-state index contributed by atoms with van der Waals surface area (Å²) in [6.45, 7) is 3.30. The largest absolute Gasteiger partial charge is 0.501 e. The number of Topliss-reactive ketones (excluding diaryl/α,β-unsaturated/α-hetero) is 1. The monoisotopic (exact) mass is 224 g/mol. The van der Waals surface area contributed by atoms with Crippen molar-refractivity contribution in [3.05, 3.63) is 11.8 Å².